The molecular formula is C26H25FN4O2. The van der Waals surface area contributed by atoms with Crippen molar-refractivity contribution in [3.8, 4) is 11.3 Å². The van der Waals surface area contributed by atoms with Crippen LogP contribution in [-0.2, 0) is 4.84 Å². The lowest BCUT2D eigenvalue weighted by molar-refractivity contribution is -0.0755. The minimum Gasteiger partial charge on any atom is -0.389 e. The average Bonchev–Trinajstić information content (AvgIpc) is 3.26. The van der Waals surface area contributed by atoms with Crippen molar-refractivity contribution in [1.82, 2.24) is 15.3 Å². The van der Waals surface area contributed by atoms with Crippen LogP contribution in [0.15, 0.2) is 60.0 Å². The van der Waals surface area contributed by atoms with E-state index >= 15 is 0 Å². The van der Waals surface area contributed by atoms with Crippen molar-refractivity contribution >= 4 is 11.6 Å². The maximum absolute atomic E-state index is 14.1. The van der Waals surface area contributed by atoms with Gasteiger partial charge in [-0.05, 0) is 75.1 Å². The summed E-state index contributed by atoms with van der Waals surface area (Å²) in [5.41, 5.74) is 4.76. The number of pyridine rings is 2. The molecule has 1 spiro atoms. The van der Waals surface area contributed by atoms with Crippen LogP contribution in [0.3, 0.4) is 0 Å². The second-order valence-electron chi connectivity index (χ2n) is 8.93. The van der Waals surface area contributed by atoms with Crippen molar-refractivity contribution < 1.29 is 14.0 Å². The predicted molar refractivity (Wildman–Crippen MR) is 123 cm³/mol. The predicted octanol–water partition coefficient (Wildman–Crippen LogP) is 5.13. The summed E-state index contributed by atoms with van der Waals surface area (Å²) in [6.45, 7) is 3.69. The Balaban J connectivity index is 1.48. The fourth-order valence-corrected chi connectivity index (χ4v) is 4.29. The van der Waals surface area contributed by atoms with Gasteiger partial charge in [0, 0.05) is 35.5 Å². The Morgan fingerprint density at radius 3 is 2.64 bits per heavy atom. The molecule has 168 valence electrons. The zero-order valence-electron chi connectivity index (χ0n) is 18.6. The molecule has 3 aromatic rings. The van der Waals surface area contributed by atoms with Crippen LogP contribution in [0.5, 0.6) is 0 Å². The third-order valence-corrected chi connectivity index (χ3v) is 6.38. The smallest absolute Gasteiger partial charge is 0.251 e. The van der Waals surface area contributed by atoms with E-state index in [4.69, 9.17) is 4.84 Å². The second kappa shape index (κ2) is 8.39. The van der Waals surface area contributed by atoms with Gasteiger partial charge in [-0.3, -0.25) is 14.8 Å². The Morgan fingerprint density at radius 2 is 1.97 bits per heavy atom. The molecule has 3 heterocycles. The number of nitrogens with one attached hydrogen (secondary N) is 1. The van der Waals surface area contributed by atoms with Gasteiger partial charge in [-0.1, -0.05) is 11.2 Å². The highest BCUT2D eigenvalue weighted by atomic mass is 19.1. The lowest BCUT2D eigenvalue weighted by Gasteiger charge is -2.34. The van der Waals surface area contributed by atoms with Gasteiger partial charge in [-0.25, -0.2) is 4.39 Å². The molecule has 1 fully saturated rings. The third kappa shape index (κ3) is 4.23. The van der Waals surface area contributed by atoms with Gasteiger partial charge in [0.2, 0.25) is 0 Å². The summed E-state index contributed by atoms with van der Waals surface area (Å²) in [5.74, 6) is -0.771. The summed E-state index contributed by atoms with van der Waals surface area (Å²) in [6.07, 6.45) is 7.18. The third-order valence-electron chi connectivity index (χ3n) is 6.38. The molecule has 1 aliphatic carbocycles. The molecule has 5 rings (SSSR count). The maximum atomic E-state index is 14.1. The highest BCUT2D eigenvalue weighted by Gasteiger charge is 2.45. The molecule has 1 N–H and O–H groups in total. The standard InChI is InChI=1S/C26H25FN4O2/c1-16-6-7-22(29-15-16)18-11-19(23-14-26(33-31-23)8-4-9-26)13-20(12-18)25(32)30-17(2)24-21(27)5-3-10-28-24/h3,5-7,10-13,15,17H,4,8-9,14H2,1-2H3,(H,30,32)/t17-/m1/s1. The quantitative estimate of drug-likeness (QED) is 0.592. The van der Waals surface area contributed by atoms with Crippen LogP contribution in [0.25, 0.3) is 11.3 Å². The van der Waals surface area contributed by atoms with E-state index in [1.807, 2.05) is 31.2 Å². The van der Waals surface area contributed by atoms with E-state index in [2.05, 4.69) is 20.4 Å². The van der Waals surface area contributed by atoms with E-state index < -0.39 is 11.9 Å². The lowest BCUT2D eigenvalue weighted by atomic mass is 9.76. The number of aryl methyl sites for hydroxylation is 1. The summed E-state index contributed by atoms with van der Waals surface area (Å²) in [7, 11) is 0. The minimum absolute atomic E-state index is 0.180. The monoisotopic (exact) mass is 444 g/mol. The summed E-state index contributed by atoms with van der Waals surface area (Å²) in [4.78, 5) is 27.6. The molecule has 33 heavy (non-hydrogen) atoms. The lowest BCUT2D eigenvalue weighted by Crippen LogP contribution is -2.36. The number of carbonyl (C=O) groups is 1. The van der Waals surface area contributed by atoms with Crippen LogP contribution >= 0.6 is 0 Å². The van der Waals surface area contributed by atoms with E-state index in [0.717, 1.165) is 53.8 Å². The largest absolute Gasteiger partial charge is 0.389 e. The molecule has 0 radical (unpaired) electrons. The van der Waals surface area contributed by atoms with Crippen molar-refractivity contribution in [2.75, 3.05) is 0 Å². The van der Waals surface area contributed by atoms with E-state index in [0.29, 0.717) is 5.56 Å². The van der Waals surface area contributed by atoms with Gasteiger partial charge in [-0.15, -0.1) is 0 Å². The number of carbonyl (C=O) groups excluding carboxylic acids is 1. The van der Waals surface area contributed by atoms with Crippen molar-refractivity contribution in [2.45, 2.75) is 51.2 Å². The number of benzene rings is 1. The first-order valence-corrected chi connectivity index (χ1v) is 11.2. The van der Waals surface area contributed by atoms with Gasteiger partial charge < -0.3 is 10.2 Å². The van der Waals surface area contributed by atoms with E-state index in [1.54, 1.807) is 19.2 Å². The van der Waals surface area contributed by atoms with Gasteiger partial charge in [0.05, 0.1) is 23.1 Å². The molecule has 1 saturated carbocycles. The number of amides is 1. The van der Waals surface area contributed by atoms with Crippen LogP contribution in [-0.4, -0.2) is 27.2 Å². The van der Waals surface area contributed by atoms with Crippen LogP contribution in [0.2, 0.25) is 0 Å². The van der Waals surface area contributed by atoms with Crippen LogP contribution in [0.4, 0.5) is 4.39 Å². The molecule has 1 aromatic carbocycles. The zero-order chi connectivity index (χ0) is 23.0. The minimum atomic E-state index is -0.589. The molecule has 0 unspecified atom stereocenters. The van der Waals surface area contributed by atoms with Crippen LogP contribution in [0, 0.1) is 12.7 Å². The van der Waals surface area contributed by atoms with Gasteiger partial charge >= 0.3 is 0 Å². The van der Waals surface area contributed by atoms with Gasteiger partial charge in [-0.2, -0.15) is 0 Å². The van der Waals surface area contributed by atoms with E-state index in [1.165, 1.54) is 18.3 Å². The maximum Gasteiger partial charge on any atom is 0.251 e. The molecule has 1 aliphatic heterocycles. The first-order chi connectivity index (χ1) is 15.9. The molecule has 2 aromatic heterocycles. The molecule has 0 bridgehead atoms. The highest BCUT2D eigenvalue weighted by Crippen LogP contribution is 2.43. The summed E-state index contributed by atoms with van der Waals surface area (Å²) in [5, 5.41) is 7.22. The molecule has 7 heteroatoms. The number of aromatic nitrogens is 2. The first kappa shape index (κ1) is 21.2. The molecule has 1 amide bonds. The van der Waals surface area contributed by atoms with Crippen molar-refractivity contribution in [1.29, 1.82) is 0 Å². The Hall–Kier alpha value is -3.61. The zero-order valence-corrected chi connectivity index (χ0v) is 18.6. The Labute approximate surface area is 191 Å². The van der Waals surface area contributed by atoms with Gasteiger partial charge in [0.1, 0.15) is 11.4 Å². The summed E-state index contributed by atoms with van der Waals surface area (Å²) in [6, 6.07) is 11.8. The number of hydrogen-bond acceptors (Lipinski definition) is 5. The number of halogens is 1. The number of rotatable bonds is 5. The summed E-state index contributed by atoms with van der Waals surface area (Å²) < 4.78 is 14.1. The fourth-order valence-electron chi connectivity index (χ4n) is 4.29. The fraction of sp³-hybridized carbons (Fsp3) is 0.308. The van der Waals surface area contributed by atoms with Crippen molar-refractivity contribution in [3.05, 3.63) is 83.1 Å². The normalized spacial score (nSPS) is 17.1. The first-order valence-electron chi connectivity index (χ1n) is 11.2. The van der Waals surface area contributed by atoms with Gasteiger partial charge in [0.15, 0.2) is 0 Å². The number of nitrogens with zero attached hydrogens (tertiary/aromatic N) is 3. The SMILES string of the molecule is Cc1ccc(-c2cc(C(=O)N[C@H](C)c3ncccc3F)cc(C3=NOC4(CCC4)C3)c2)nc1. The topological polar surface area (TPSA) is 76.5 Å². The Morgan fingerprint density at radius 1 is 1.15 bits per heavy atom. The summed E-state index contributed by atoms with van der Waals surface area (Å²) >= 11 is 0. The van der Waals surface area contributed by atoms with Crippen molar-refractivity contribution in [2.24, 2.45) is 5.16 Å². The molecule has 0 saturated heterocycles. The Kier molecular flexibility index (Phi) is 5.40. The van der Waals surface area contributed by atoms with Gasteiger partial charge in [0.25, 0.3) is 5.91 Å². The highest BCUT2D eigenvalue weighted by molar-refractivity contribution is 6.05. The number of hydrogen-bond donors (Lipinski definition) is 1. The molecule has 2 aliphatic rings. The van der Waals surface area contributed by atoms with E-state index in [9.17, 15) is 9.18 Å². The molecular weight excluding hydrogens is 419 g/mol. The van der Waals surface area contributed by atoms with Crippen LogP contribution in [0.1, 0.15) is 65.8 Å². The van der Waals surface area contributed by atoms with Crippen LogP contribution < -0.4 is 5.32 Å². The molecule has 1 atom stereocenters. The average molecular weight is 445 g/mol. The van der Waals surface area contributed by atoms with E-state index in [-0.39, 0.29) is 17.2 Å². The molecule has 6 nitrogen and oxygen atoms in total. The second-order valence-corrected chi connectivity index (χ2v) is 8.93. The van der Waals surface area contributed by atoms with Crippen molar-refractivity contribution in [3.63, 3.8) is 0 Å². The number of oxime groups is 1. The Bertz CT molecular complexity index is 1240.